The number of fused-ring (bicyclic) bond motifs is 1. The SMILES string of the molecule is CC(=O)c1nc2c(s1)CC(C(C)=O)CC2N. The molecule has 0 spiro atoms. The molecule has 86 valence electrons. The lowest BCUT2D eigenvalue weighted by Gasteiger charge is -2.23. The number of hydrogen-bond donors (Lipinski definition) is 1. The van der Waals surface area contributed by atoms with Crippen molar-refractivity contribution in [2.75, 3.05) is 0 Å². The van der Waals surface area contributed by atoms with Crippen molar-refractivity contribution >= 4 is 22.9 Å². The Morgan fingerprint density at radius 3 is 2.69 bits per heavy atom. The van der Waals surface area contributed by atoms with Crippen LogP contribution in [-0.4, -0.2) is 16.6 Å². The van der Waals surface area contributed by atoms with Gasteiger partial charge in [-0.2, -0.15) is 0 Å². The largest absolute Gasteiger partial charge is 0.323 e. The first-order valence-electron chi connectivity index (χ1n) is 5.25. The van der Waals surface area contributed by atoms with Gasteiger partial charge in [0.15, 0.2) is 10.8 Å². The van der Waals surface area contributed by atoms with Crippen molar-refractivity contribution in [3.63, 3.8) is 0 Å². The van der Waals surface area contributed by atoms with Crippen LogP contribution in [0.2, 0.25) is 0 Å². The first-order chi connectivity index (χ1) is 7.49. The Hall–Kier alpha value is -1.07. The Balaban J connectivity index is 2.35. The Bertz CT molecular complexity index is 453. The van der Waals surface area contributed by atoms with E-state index in [4.69, 9.17) is 5.73 Å². The highest BCUT2D eigenvalue weighted by molar-refractivity contribution is 7.13. The fourth-order valence-corrected chi connectivity index (χ4v) is 3.09. The maximum atomic E-state index is 11.4. The Morgan fingerprint density at radius 2 is 2.12 bits per heavy atom. The molecule has 4 nitrogen and oxygen atoms in total. The predicted octanol–water partition coefficient (Wildman–Crippen LogP) is 1.50. The van der Waals surface area contributed by atoms with E-state index in [1.165, 1.54) is 18.3 Å². The molecule has 1 aromatic heterocycles. The number of nitrogens with two attached hydrogens (primary N) is 1. The summed E-state index contributed by atoms with van der Waals surface area (Å²) in [5, 5.41) is 0.504. The van der Waals surface area contributed by atoms with Crippen LogP contribution in [0.25, 0.3) is 0 Å². The van der Waals surface area contributed by atoms with Crippen LogP contribution < -0.4 is 5.73 Å². The van der Waals surface area contributed by atoms with Crippen molar-refractivity contribution in [2.45, 2.75) is 32.7 Å². The van der Waals surface area contributed by atoms with Gasteiger partial charge in [-0.3, -0.25) is 9.59 Å². The molecule has 0 radical (unpaired) electrons. The first-order valence-corrected chi connectivity index (χ1v) is 6.07. The van der Waals surface area contributed by atoms with Gasteiger partial charge in [0.25, 0.3) is 0 Å². The monoisotopic (exact) mass is 238 g/mol. The van der Waals surface area contributed by atoms with E-state index in [1.807, 2.05) is 0 Å². The summed E-state index contributed by atoms with van der Waals surface area (Å²) in [6.07, 6.45) is 1.33. The van der Waals surface area contributed by atoms with E-state index in [0.29, 0.717) is 17.8 Å². The second-order valence-electron chi connectivity index (χ2n) is 4.24. The molecule has 2 unspecified atom stereocenters. The van der Waals surface area contributed by atoms with E-state index in [0.717, 1.165) is 10.6 Å². The second-order valence-corrected chi connectivity index (χ2v) is 5.32. The molecule has 2 N–H and O–H groups in total. The van der Waals surface area contributed by atoms with Crippen LogP contribution in [0.4, 0.5) is 0 Å². The zero-order valence-corrected chi connectivity index (χ0v) is 10.1. The smallest absolute Gasteiger partial charge is 0.188 e. The molecule has 0 amide bonds. The average Bonchev–Trinajstić information content (AvgIpc) is 2.61. The van der Waals surface area contributed by atoms with E-state index < -0.39 is 0 Å². The molecule has 0 saturated carbocycles. The first kappa shape index (κ1) is 11.4. The normalized spacial score (nSPS) is 23.9. The molecule has 0 aliphatic heterocycles. The van der Waals surface area contributed by atoms with Crippen LogP contribution in [0.3, 0.4) is 0 Å². The number of carbonyl (C=O) groups is 2. The van der Waals surface area contributed by atoms with Crippen molar-refractivity contribution in [3.05, 3.63) is 15.6 Å². The Labute approximate surface area is 97.9 Å². The minimum atomic E-state index is -0.206. The predicted molar refractivity (Wildman–Crippen MR) is 61.5 cm³/mol. The van der Waals surface area contributed by atoms with Gasteiger partial charge in [0.2, 0.25) is 0 Å². The van der Waals surface area contributed by atoms with Crippen molar-refractivity contribution in [3.8, 4) is 0 Å². The highest BCUT2D eigenvalue weighted by atomic mass is 32.1. The van der Waals surface area contributed by atoms with Crippen LogP contribution in [0, 0.1) is 5.92 Å². The number of thiazole rings is 1. The van der Waals surface area contributed by atoms with Gasteiger partial charge in [-0.15, -0.1) is 11.3 Å². The third-order valence-corrected chi connectivity index (χ3v) is 4.12. The number of hydrogen-bond acceptors (Lipinski definition) is 5. The molecule has 1 aliphatic rings. The zero-order chi connectivity index (χ0) is 11.9. The molecule has 1 aromatic rings. The fraction of sp³-hybridized carbons (Fsp3) is 0.545. The van der Waals surface area contributed by atoms with Gasteiger partial charge >= 0.3 is 0 Å². The molecule has 1 aliphatic carbocycles. The minimum Gasteiger partial charge on any atom is -0.323 e. The fourth-order valence-electron chi connectivity index (χ4n) is 1.99. The number of ketones is 2. The van der Waals surface area contributed by atoms with Crippen molar-refractivity contribution in [2.24, 2.45) is 11.7 Å². The Morgan fingerprint density at radius 1 is 1.44 bits per heavy atom. The summed E-state index contributed by atoms with van der Waals surface area (Å²) in [5.41, 5.74) is 6.78. The van der Waals surface area contributed by atoms with Gasteiger partial charge in [0, 0.05) is 23.8 Å². The number of Topliss-reactive ketones (excluding diaryl/α,β-unsaturated/α-hetero) is 2. The van der Waals surface area contributed by atoms with Gasteiger partial charge in [0.05, 0.1) is 5.69 Å². The van der Waals surface area contributed by atoms with E-state index in [9.17, 15) is 9.59 Å². The number of carbonyl (C=O) groups excluding carboxylic acids is 2. The van der Waals surface area contributed by atoms with Gasteiger partial charge in [0.1, 0.15) is 5.78 Å². The number of nitrogens with zero attached hydrogens (tertiary/aromatic N) is 1. The van der Waals surface area contributed by atoms with Gasteiger partial charge < -0.3 is 5.73 Å². The van der Waals surface area contributed by atoms with E-state index in [1.54, 1.807) is 6.92 Å². The van der Waals surface area contributed by atoms with E-state index in [-0.39, 0.29) is 23.5 Å². The van der Waals surface area contributed by atoms with Gasteiger partial charge in [-0.1, -0.05) is 0 Å². The van der Waals surface area contributed by atoms with Crippen LogP contribution in [0.1, 0.15) is 46.7 Å². The lowest BCUT2D eigenvalue weighted by atomic mass is 9.85. The molecule has 0 saturated heterocycles. The summed E-state index contributed by atoms with van der Waals surface area (Å²) in [6, 6.07) is -0.206. The third-order valence-electron chi connectivity index (χ3n) is 2.93. The molecule has 0 bridgehead atoms. The molecular formula is C11H14N2O2S. The van der Waals surface area contributed by atoms with Gasteiger partial charge in [-0.25, -0.2) is 4.98 Å². The van der Waals surface area contributed by atoms with Crippen LogP contribution in [0.15, 0.2) is 0 Å². The molecule has 16 heavy (non-hydrogen) atoms. The van der Waals surface area contributed by atoms with Crippen molar-refractivity contribution < 1.29 is 9.59 Å². The zero-order valence-electron chi connectivity index (χ0n) is 9.32. The topological polar surface area (TPSA) is 73.0 Å². The molecule has 2 rings (SSSR count). The molecule has 0 fully saturated rings. The third kappa shape index (κ3) is 1.92. The average molecular weight is 238 g/mol. The Kier molecular flexibility index (Phi) is 2.90. The highest BCUT2D eigenvalue weighted by Gasteiger charge is 2.30. The number of rotatable bonds is 2. The maximum Gasteiger partial charge on any atom is 0.188 e. The lowest BCUT2D eigenvalue weighted by Crippen LogP contribution is -2.27. The molecule has 2 atom stereocenters. The standard InChI is InChI=1S/C11H14N2O2S/c1-5(14)7-3-8(12)10-9(4-7)16-11(13-10)6(2)15/h7-8H,3-4,12H2,1-2H3. The van der Waals surface area contributed by atoms with E-state index in [2.05, 4.69) is 4.98 Å². The molecule has 1 heterocycles. The minimum absolute atomic E-state index is 0.0113. The highest BCUT2D eigenvalue weighted by Crippen LogP contribution is 2.35. The van der Waals surface area contributed by atoms with Crippen LogP contribution >= 0.6 is 11.3 Å². The summed E-state index contributed by atoms with van der Waals surface area (Å²) < 4.78 is 0. The number of aromatic nitrogens is 1. The van der Waals surface area contributed by atoms with Crippen molar-refractivity contribution in [1.29, 1.82) is 0 Å². The molecule has 5 heteroatoms. The summed E-state index contributed by atoms with van der Waals surface area (Å²) in [6.45, 7) is 3.09. The van der Waals surface area contributed by atoms with Gasteiger partial charge in [-0.05, 0) is 19.8 Å². The summed E-state index contributed by atoms with van der Waals surface area (Å²) in [5.74, 6) is 0.118. The summed E-state index contributed by atoms with van der Waals surface area (Å²) in [4.78, 5) is 27.8. The second kappa shape index (κ2) is 4.07. The summed E-state index contributed by atoms with van der Waals surface area (Å²) >= 11 is 1.38. The quantitative estimate of drug-likeness (QED) is 0.792. The summed E-state index contributed by atoms with van der Waals surface area (Å²) in [7, 11) is 0. The van der Waals surface area contributed by atoms with E-state index >= 15 is 0 Å². The maximum absolute atomic E-state index is 11.4. The van der Waals surface area contributed by atoms with Crippen LogP contribution in [-0.2, 0) is 11.2 Å². The van der Waals surface area contributed by atoms with Crippen LogP contribution in [0.5, 0.6) is 0 Å². The molecule has 0 aromatic carbocycles. The lowest BCUT2D eigenvalue weighted by molar-refractivity contribution is -0.121. The van der Waals surface area contributed by atoms with Crippen molar-refractivity contribution in [1.82, 2.24) is 4.98 Å². The molecular weight excluding hydrogens is 224 g/mol.